The third-order valence-corrected chi connectivity index (χ3v) is 8.18. The number of phenols is 1. The molecule has 0 unspecified atom stereocenters. The van der Waals surface area contributed by atoms with Crippen molar-refractivity contribution in [1.29, 1.82) is 0 Å². The number of rotatable bonds is 6. The number of para-hydroxylation sites is 1. The number of hydrogen-bond donors (Lipinski definition) is 1. The Bertz CT molecular complexity index is 1240. The summed E-state index contributed by atoms with van der Waals surface area (Å²) in [6.45, 7) is 8.62. The molecule has 2 saturated heterocycles. The number of hydrogen-bond acceptors (Lipinski definition) is 4. The van der Waals surface area contributed by atoms with E-state index < -0.39 is 0 Å². The van der Waals surface area contributed by atoms with Crippen LogP contribution >= 0.6 is 0 Å². The number of anilines is 1. The van der Waals surface area contributed by atoms with Gasteiger partial charge in [0.2, 0.25) is 11.8 Å². The number of fused-ring (bicyclic) bond motifs is 3. The van der Waals surface area contributed by atoms with Crippen molar-refractivity contribution in [2.24, 2.45) is 17.8 Å². The normalized spacial score (nSPS) is 26.0. The van der Waals surface area contributed by atoms with Crippen LogP contribution < -0.4 is 4.90 Å². The molecule has 0 radical (unpaired) electrons. The molecule has 0 spiro atoms. The van der Waals surface area contributed by atoms with Gasteiger partial charge in [0, 0.05) is 5.92 Å². The zero-order chi connectivity index (χ0) is 25.6. The van der Waals surface area contributed by atoms with Crippen molar-refractivity contribution in [2.75, 3.05) is 11.5 Å². The van der Waals surface area contributed by atoms with Crippen molar-refractivity contribution in [3.63, 3.8) is 0 Å². The van der Waals surface area contributed by atoms with Gasteiger partial charge in [-0.2, -0.15) is 0 Å². The lowest BCUT2D eigenvalue weighted by Crippen LogP contribution is -2.34. The average molecular weight is 486 g/mol. The Morgan fingerprint density at radius 1 is 1.08 bits per heavy atom. The van der Waals surface area contributed by atoms with Crippen molar-refractivity contribution < 1.29 is 19.4 Å². The van der Waals surface area contributed by atoms with Crippen molar-refractivity contribution in [3.8, 4) is 5.75 Å². The number of nitrogens with zero attached hydrogens (tertiary/aromatic N) is 1. The average Bonchev–Trinajstić information content (AvgIpc) is 3.39. The Hall–Kier alpha value is -3.18. The maximum Gasteiger partial charge on any atom is 0.238 e. The lowest BCUT2D eigenvalue weighted by atomic mass is 9.69. The van der Waals surface area contributed by atoms with E-state index in [4.69, 9.17) is 4.74 Å². The van der Waals surface area contributed by atoms with Crippen LogP contribution in [-0.4, -0.2) is 29.6 Å². The largest absolute Gasteiger partial charge is 0.507 e. The number of carbonyl (C=O) groups is 2. The summed E-state index contributed by atoms with van der Waals surface area (Å²) in [6, 6.07) is 13.3. The Balaban J connectivity index is 1.35. The molecule has 2 amide bonds. The molecule has 0 aromatic heterocycles. The molecule has 2 aromatic rings. The minimum absolute atomic E-state index is 0.00813. The zero-order valence-corrected chi connectivity index (χ0v) is 21.6. The summed E-state index contributed by atoms with van der Waals surface area (Å²) >= 11 is 0. The molecule has 3 aliphatic rings. The molecule has 5 rings (SSSR count). The lowest BCUT2D eigenvalue weighted by molar-refractivity contribution is -0.122. The molecule has 2 fully saturated rings. The van der Waals surface area contributed by atoms with Gasteiger partial charge in [-0.25, -0.2) is 0 Å². The summed E-state index contributed by atoms with van der Waals surface area (Å²) in [5.41, 5.74) is 7.34. The second-order valence-electron chi connectivity index (χ2n) is 10.6. The highest BCUT2D eigenvalue weighted by Crippen LogP contribution is 2.51. The van der Waals surface area contributed by atoms with E-state index in [2.05, 4.69) is 19.9 Å². The molecule has 5 heteroatoms. The first-order valence-electron chi connectivity index (χ1n) is 13.0. The molecule has 2 aliphatic heterocycles. The van der Waals surface area contributed by atoms with Crippen LogP contribution in [-0.2, 0) is 14.3 Å². The van der Waals surface area contributed by atoms with Crippen molar-refractivity contribution in [1.82, 2.24) is 0 Å². The van der Waals surface area contributed by atoms with Gasteiger partial charge in [-0.15, -0.1) is 0 Å². The Labute approximate surface area is 213 Å². The zero-order valence-electron chi connectivity index (χ0n) is 21.6. The van der Waals surface area contributed by atoms with Gasteiger partial charge in [0.05, 0.1) is 30.2 Å². The number of benzene rings is 2. The molecule has 0 bridgehead atoms. The summed E-state index contributed by atoms with van der Waals surface area (Å²) in [6.07, 6.45) is 5.44. The number of phenolic OH excluding ortho intramolecular Hbond substituents is 1. The van der Waals surface area contributed by atoms with Crippen LogP contribution in [0.1, 0.15) is 56.2 Å². The minimum Gasteiger partial charge on any atom is -0.507 e. The molecule has 2 heterocycles. The third kappa shape index (κ3) is 4.20. The highest BCUT2D eigenvalue weighted by Gasteiger charge is 2.57. The molecule has 2 aromatic carbocycles. The first-order chi connectivity index (χ1) is 17.3. The fourth-order valence-corrected chi connectivity index (χ4v) is 6.43. The van der Waals surface area contributed by atoms with Crippen molar-refractivity contribution in [2.45, 2.75) is 59.5 Å². The van der Waals surface area contributed by atoms with Crippen molar-refractivity contribution >= 4 is 23.6 Å². The molecular formula is C31H35NO4. The Morgan fingerprint density at radius 3 is 2.44 bits per heavy atom. The van der Waals surface area contributed by atoms with Gasteiger partial charge < -0.3 is 9.84 Å². The summed E-state index contributed by atoms with van der Waals surface area (Å²) in [7, 11) is 0. The highest BCUT2D eigenvalue weighted by atomic mass is 16.5. The third-order valence-electron chi connectivity index (χ3n) is 8.18. The standard InChI is InChI=1S/C31H35NO4/c1-5-22-16-24-28(31(35)32(30(24)34)23-9-7-6-8-10-23)25-17-36-26(27(22)25)12-11-18(2)13-21-14-19(3)29(33)20(4)15-21/h6-10,13-15,24-26,28,33H,5,11-12,16-17H2,1-4H3/b18-13+/t24-,25+,26-,28-/m1/s1. The maximum atomic E-state index is 13.5. The van der Waals surface area contributed by atoms with E-state index in [1.807, 2.05) is 56.3 Å². The van der Waals surface area contributed by atoms with E-state index >= 15 is 0 Å². The SMILES string of the molecule is CCC1=C2[C@@H](CC/C(C)=C/c3cc(C)c(O)c(C)c3)OC[C@@H]2[C@@H]2C(=O)N(c3ccccc3)C(=O)[C@@H]2C1. The van der Waals surface area contributed by atoms with Crippen LogP contribution in [0.2, 0.25) is 0 Å². The van der Waals surface area contributed by atoms with Crippen LogP contribution in [0.15, 0.2) is 59.2 Å². The van der Waals surface area contributed by atoms with Gasteiger partial charge in [0.1, 0.15) is 5.75 Å². The molecule has 1 N–H and O–H groups in total. The molecule has 1 aliphatic carbocycles. The first-order valence-corrected chi connectivity index (χ1v) is 13.0. The van der Waals surface area contributed by atoms with Crippen LogP contribution in [0.5, 0.6) is 5.75 Å². The molecule has 0 saturated carbocycles. The van der Waals surface area contributed by atoms with E-state index in [1.54, 1.807) is 0 Å². The second kappa shape index (κ2) is 9.70. The van der Waals surface area contributed by atoms with E-state index in [0.717, 1.165) is 36.0 Å². The first kappa shape index (κ1) is 24.5. The van der Waals surface area contributed by atoms with Crippen molar-refractivity contribution in [3.05, 3.63) is 75.9 Å². The van der Waals surface area contributed by atoms with Gasteiger partial charge in [0.25, 0.3) is 0 Å². The molecular weight excluding hydrogens is 450 g/mol. The molecule has 188 valence electrons. The Morgan fingerprint density at radius 2 is 1.78 bits per heavy atom. The fourth-order valence-electron chi connectivity index (χ4n) is 6.43. The summed E-state index contributed by atoms with van der Waals surface area (Å²) in [4.78, 5) is 28.3. The fraction of sp³-hybridized carbons (Fsp3) is 0.419. The molecule has 36 heavy (non-hydrogen) atoms. The van der Waals surface area contributed by atoms with Crippen LogP contribution in [0.3, 0.4) is 0 Å². The van der Waals surface area contributed by atoms with Gasteiger partial charge >= 0.3 is 0 Å². The van der Waals surface area contributed by atoms with E-state index in [-0.39, 0.29) is 35.7 Å². The van der Waals surface area contributed by atoms with E-state index in [0.29, 0.717) is 24.5 Å². The quantitative estimate of drug-likeness (QED) is 0.395. The predicted octanol–water partition coefficient (Wildman–Crippen LogP) is 6.12. The number of imide groups is 1. The van der Waals surface area contributed by atoms with Gasteiger partial charge in [-0.1, -0.05) is 42.3 Å². The predicted molar refractivity (Wildman–Crippen MR) is 142 cm³/mol. The number of ether oxygens (including phenoxy) is 1. The topological polar surface area (TPSA) is 66.8 Å². The van der Waals surface area contributed by atoms with E-state index in [1.165, 1.54) is 21.6 Å². The van der Waals surface area contributed by atoms with Gasteiger partial charge in [-0.3, -0.25) is 14.5 Å². The second-order valence-corrected chi connectivity index (χ2v) is 10.6. The monoisotopic (exact) mass is 485 g/mol. The summed E-state index contributed by atoms with van der Waals surface area (Å²) in [5.74, 6) is -0.412. The lowest BCUT2D eigenvalue weighted by Gasteiger charge is -2.31. The number of aromatic hydroxyl groups is 1. The minimum atomic E-state index is -0.326. The number of aryl methyl sites for hydroxylation is 2. The van der Waals surface area contributed by atoms with Crippen LogP contribution in [0.4, 0.5) is 5.69 Å². The molecule has 4 atom stereocenters. The Kier molecular flexibility index (Phi) is 6.60. The number of amides is 2. The maximum absolute atomic E-state index is 13.5. The van der Waals surface area contributed by atoms with E-state index in [9.17, 15) is 14.7 Å². The molecule has 5 nitrogen and oxygen atoms in total. The van der Waals surface area contributed by atoms with Gasteiger partial charge in [0.15, 0.2) is 0 Å². The van der Waals surface area contributed by atoms with Crippen LogP contribution in [0, 0.1) is 31.6 Å². The number of allylic oxidation sites excluding steroid dienone is 2. The van der Waals surface area contributed by atoms with Crippen LogP contribution in [0.25, 0.3) is 6.08 Å². The smallest absolute Gasteiger partial charge is 0.238 e. The highest BCUT2D eigenvalue weighted by molar-refractivity contribution is 6.22. The summed E-state index contributed by atoms with van der Waals surface area (Å²) in [5, 5.41) is 10.1. The number of carbonyl (C=O) groups excluding carboxylic acids is 2. The van der Waals surface area contributed by atoms with Gasteiger partial charge in [-0.05, 0) is 93.0 Å². The summed E-state index contributed by atoms with van der Waals surface area (Å²) < 4.78 is 6.32.